The van der Waals surface area contributed by atoms with Crippen molar-refractivity contribution in [1.82, 2.24) is 0 Å². The summed E-state index contributed by atoms with van der Waals surface area (Å²) in [6.45, 7) is 7.69. The van der Waals surface area contributed by atoms with Crippen molar-refractivity contribution in [3.63, 3.8) is 0 Å². The van der Waals surface area contributed by atoms with Gasteiger partial charge in [-0.25, -0.2) is 4.79 Å². The summed E-state index contributed by atoms with van der Waals surface area (Å²) in [4.78, 5) is 26.1. The summed E-state index contributed by atoms with van der Waals surface area (Å²) in [5, 5.41) is 3.32. The molecule has 0 aliphatic carbocycles. The van der Waals surface area contributed by atoms with Crippen molar-refractivity contribution >= 4 is 28.2 Å². The number of amides is 1. The highest BCUT2D eigenvalue weighted by atomic mass is 32.1. The number of esters is 1. The van der Waals surface area contributed by atoms with Gasteiger partial charge in [-0.2, -0.15) is 0 Å². The van der Waals surface area contributed by atoms with Crippen LogP contribution in [-0.4, -0.2) is 19.0 Å². The van der Waals surface area contributed by atoms with Crippen molar-refractivity contribution in [2.24, 2.45) is 0 Å². The predicted molar refractivity (Wildman–Crippen MR) is 107 cm³/mol. The standard InChI is InChI=1S/C21H21NO4S/c1-11-6-7-15(12(2)10-11)17-14(4)27-20(18(17)21(24)25-5)22-19(23)16-8-9-26-13(16)3/h6-10H,1-5H3,(H,22,23). The average molecular weight is 383 g/mol. The molecule has 0 unspecified atom stereocenters. The second kappa shape index (κ2) is 7.40. The number of nitrogens with one attached hydrogen (secondary N) is 1. The van der Waals surface area contributed by atoms with Crippen LogP contribution in [0.15, 0.2) is 34.9 Å². The predicted octanol–water partition coefficient (Wildman–Crippen LogP) is 5.28. The van der Waals surface area contributed by atoms with Crippen molar-refractivity contribution in [3.8, 4) is 11.1 Å². The normalized spacial score (nSPS) is 10.7. The van der Waals surface area contributed by atoms with Crippen LogP contribution in [0.3, 0.4) is 0 Å². The molecule has 0 saturated heterocycles. The van der Waals surface area contributed by atoms with E-state index in [2.05, 4.69) is 11.4 Å². The number of carbonyl (C=O) groups is 2. The third-order valence-corrected chi connectivity index (χ3v) is 5.48. The van der Waals surface area contributed by atoms with Crippen LogP contribution in [0.2, 0.25) is 0 Å². The van der Waals surface area contributed by atoms with Gasteiger partial charge in [0.2, 0.25) is 0 Å². The second-order valence-corrected chi connectivity index (χ2v) is 7.62. The average Bonchev–Trinajstić information content (AvgIpc) is 3.17. The van der Waals surface area contributed by atoms with E-state index < -0.39 is 5.97 Å². The molecule has 0 aliphatic rings. The van der Waals surface area contributed by atoms with Gasteiger partial charge in [-0.05, 0) is 44.9 Å². The molecule has 3 rings (SSSR count). The first kappa shape index (κ1) is 18.9. The molecule has 6 heteroatoms. The van der Waals surface area contributed by atoms with Gasteiger partial charge in [0, 0.05) is 10.4 Å². The molecule has 1 aromatic carbocycles. The molecule has 2 heterocycles. The summed E-state index contributed by atoms with van der Waals surface area (Å²) in [7, 11) is 1.34. The first-order valence-corrected chi connectivity index (χ1v) is 9.30. The number of carbonyl (C=O) groups excluding carboxylic acids is 2. The highest BCUT2D eigenvalue weighted by Gasteiger charge is 2.26. The second-order valence-electron chi connectivity index (χ2n) is 6.39. The Kier molecular flexibility index (Phi) is 5.19. The van der Waals surface area contributed by atoms with E-state index >= 15 is 0 Å². The Labute approximate surface area is 162 Å². The van der Waals surface area contributed by atoms with Crippen LogP contribution in [0.5, 0.6) is 0 Å². The van der Waals surface area contributed by atoms with Crippen molar-refractivity contribution in [1.29, 1.82) is 0 Å². The maximum absolute atomic E-state index is 12.6. The fraction of sp³-hybridized carbons (Fsp3) is 0.238. The molecule has 0 spiro atoms. The summed E-state index contributed by atoms with van der Waals surface area (Å²) < 4.78 is 10.2. The Hall–Kier alpha value is -2.86. The maximum Gasteiger partial charge on any atom is 0.341 e. The van der Waals surface area contributed by atoms with Crippen LogP contribution in [0, 0.1) is 27.7 Å². The minimum Gasteiger partial charge on any atom is -0.469 e. The third kappa shape index (κ3) is 3.53. The smallest absolute Gasteiger partial charge is 0.341 e. The fourth-order valence-corrected chi connectivity index (χ4v) is 4.19. The Morgan fingerprint density at radius 2 is 1.85 bits per heavy atom. The Morgan fingerprint density at radius 3 is 2.44 bits per heavy atom. The van der Waals surface area contributed by atoms with Crippen LogP contribution in [0.1, 0.15) is 42.5 Å². The lowest BCUT2D eigenvalue weighted by atomic mass is 9.96. The van der Waals surface area contributed by atoms with Gasteiger partial charge in [0.05, 0.1) is 18.9 Å². The van der Waals surface area contributed by atoms with Gasteiger partial charge in [0.1, 0.15) is 16.3 Å². The largest absolute Gasteiger partial charge is 0.469 e. The molecule has 0 aliphatic heterocycles. The van der Waals surface area contributed by atoms with E-state index in [0.29, 0.717) is 21.9 Å². The number of ether oxygens (including phenoxy) is 1. The monoisotopic (exact) mass is 383 g/mol. The Morgan fingerprint density at radius 1 is 1.11 bits per heavy atom. The van der Waals surface area contributed by atoms with Gasteiger partial charge in [-0.3, -0.25) is 4.79 Å². The molecule has 0 radical (unpaired) electrons. The molecular weight excluding hydrogens is 362 g/mol. The van der Waals surface area contributed by atoms with Gasteiger partial charge >= 0.3 is 5.97 Å². The van der Waals surface area contributed by atoms with Gasteiger partial charge in [-0.15, -0.1) is 11.3 Å². The number of thiophene rings is 1. The van der Waals surface area contributed by atoms with E-state index in [1.54, 1.807) is 13.0 Å². The van der Waals surface area contributed by atoms with Gasteiger partial charge in [-0.1, -0.05) is 23.8 Å². The zero-order valence-electron chi connectivity index (χ0n) is 15.9. The van der Waals surface area contributed by atoms with Crippen LogP contribution in [-0.2, 0) is 4.74 Å². The summed E-state index contributed by atoms with van der Waals surface area (Å²) in [6, 6.07) is 7.68. The number of rotatable bonds is 4. The molecular formula is C21H21NO4S. The lowest BCUT2D eigenvalue weighted by Crippen LogP contribution is -2.14. The SMILES string of the molecule is COC(=O)c1c(NC(=O)c2ccoc2C)sc(C)c1-c1ccc(C)cc1C. The molecule has 5 nitrogen and oxygen atoms in total. The Bertz CT molecular complexity index is 1030. The van der Waals surface area contributed by atoms with Gasteiger partial charge < -0.3 is 14.5 Å². The molecule has 0 atom stereocenters. The van der Waals surface area contributed by atoms with Gasteiger partial charge in [0.25, 0.3) is 5.91 Å². The first-order valence-electron chi connectivity index (χ1n) is 8.48. The molecule has 3 aromatic rings. The highest BCUT2D eigenvalue weighted by molar-refractivity contribution is 7.17. The van der Waals surface area contributed by atoms with E-state index in [0.717, 1.165) is 27.1 Å². The van der Waals surface area contributed by atoms with Crippen molar-refractivity contribution in [2.75, 3.05) is 12.4 Å². The highest BCUT2D eigenvalue weighted by Crippen LogP contribution is 2.41. The first-order chi connectivity index (χ1) is 12.8. The van der Waals surface area contributed by atoms with E-state index in [9.17, 15) is 9.59 Å². The molecule has 2 aromatic heterocycles. The molecule has 27 heavy (non-hydrogen) atoms. The number of benzene rings is 1. The summed E-state index contributed by atoms with van der Waals surface area (Å²) in [6.07, 6.45) is 1.46. The Balaban J connectivity index is 2.12. The quantitative estimate of drug-likeness (QED) is 0.622. The van der Waals surface area contributed by atoms with Crippen molar-refractivity contribution in [3.05, 3.63) is 63.4 Å². The van der Waals surface area contributed by atoms with E-state index in [-0.39, 0.29) is 5.91 Å². The molecule has 1 N–H and O–H groups in total. The molecule has 0 bridgehead atoms. The van der Waals surface area contributed by atoms with Crippen LogP contribution >= 0.6 is 11.3 Å². The molecule has 0 fully saturated rings. The number of hydrogen-bond acceptors (Lipinski definition) is 5. The number of aryl methyl sites for hydroxylation is 4. The third-order valence-electron chi connectivity index (χ3n) is 4.46. The lowest BCUT2D eigenvalue weighted by molar-refractivity contribution is 0.0603. The van der Waals surface area contributed by atoms with E-state index in [1.165, 1.54) is 24.7 Å². The number of methoxy groups -OCH3 is 1. The van der Waals surface area contributed by atoms with Crippen LogP contribution in [0.25, 0.3) is 11.1 Å². The summed E-state index contributed by atoms with van der Waals surface area (Å²) in [5.74, 6) is -0.275. The van der Waals surface area contributed by atoms with Crippen LogP contribution in [0.4, 0.5) is 5.00 Å². The van der Waals surface area contributed by atoms with E-state index in [4.69, 9.17) is 9.15 Å². The van der Waals surface area contributed by atoms with Crippen LogP contribution < -0.4 is 5.32 Å². The minimum atomic E-state index is -0.478. The summed E-state index contributed by atoms with van der Waals surface area (Å²) in [5.41, 5.74) is 4.77. The number of anilines is 1. The van der Waals surface area contributed by atoms with Gasteiger partial charge in [0.15, 0.2) is 0 Å². The molecule has 140 valence electrons. The fourth-order valence-electron chi connectivity index (χ4n) is 3.14. The summed E-state index contributed by atoms with van der Waals surface area (Å²) >= 11 is 1.36. The maximum atomic E-state index is 12.6. The lowest BCUT2D eigenvalue weighted by Gasteiger charge is -2.11. The number of hydrogen-bond donors (Lipinski definition) is 1. The molecule has 0 saturated carbocycles. The zero-order valence-corrected chi connectivity index (χ0v) is 16.7. The topological polar surface area (TPSA) is 68.5 Å². The zero-order chi connectivity index (χ0) is 19.7. The van der Waals surface area contributed by atoms with Crippen molar-refractivity contribution < 1.29 is 18.7 Å². The van der Waals surface area contributed by atoms with E-state index in [1.807, 2.05) is 32.9 Å². The minimum absolute atomic E-state index is 0.320. The molecule has 1 amide bonds. The number of furan rings is 1. The van der Waals surface area contributed by atoms with Crippen molar-refractivity contribution in [2.45, 2.75) is 27.7 Å².